The highest BCUT2D eigenvalue weighted by Crippen LogP contribution is 2.29. The molecule has 1 amide bonds. The number of piperidine rings is 1. The van der Waals surface area contributed by atoms with Crippen LogP contribution in [0.4, 0.5) is 5.69 Å². The molecule has 1 N–H and O–H groups in total. The average Bonchev–Trinajstić information content (AvgIpc) is 3.08. The van der Waals surface area contributed by atoms with Crippen molar-refractivity contribution in [1.82, 2.24) is 10.2 Å². The summed E-state index contributed by atoms with van der Waals surface area (Å²) in [5.41, 5.74) is 1.11. The molecule has 0 saturated carbocycles. The van der Waals surface area contributed by atoms with Crippen molar-refractivity contribution in [3.8, 4) is 5.75 Å². The maximum atomic E-state index is 12.6. The molecule has 3 rings (SSSR count). The van der Waals surface area contributed by atoms with E-state index in [0.29, 0.717) is 36.4 Å². The van der Waals surface area contributed by atoms with E-state index in [1.807, 2.05) is 18.2 Å². The van der Waals surface area contributed by atoms with E-state index in [4.69, 9.17) is 4.74 Å². The molecule has 1 aromatic heterocycles. The largest absolute Gasteiger partial charge is 0.497 e. The zero-order valence-corrected chi connectivity index (χ0v) is 12.3. The average molecular weight is 299 g/mol. The van der Waals surface area contributed by atoms with Gasteiger partial charge in [0, 0.05) is 24.4 Å². The Morgan fingerprint density at radius 2 is 2.27 bits per heavy atom. The van der Waals surface area contributed by atoms with Crippen LogP contribution >= 0.6 is 0 Å². The zero-order valence-electron chi connectivity index (χ0n) is 12.3. The van der Waals surface area contributed by atoms with Gasteiger partial charge >= 0.3 is 0 Å². The monoisotopic (exact) mass is 299 g/mol. The van der Waals surface area contributed by atoms with Crippen LogP contribution in [0.3, 0.4) is 0 Å². The number of nitrogens with one attached hydrogen (secondary N) is 1. The molecule has 0 radical (unpaired) electrons. The first-order chi connectivity index (χ1) is 10.7. The number of aromatic amines is 1. The highest BCUT2D eigenvalue weighted by molar-refractivity contribution is 6.07. The van der Waals surface area contributed by atoms with Gasteiger partial charge in [0.05, 0.1) is 7.11 Å². The quantitative estimate of drug-likeness (QED) is 0.878. The molecule has 1 atom stereocenters. The SMILES string of the molecule is COc1cccc(N2C(=O)CCCC2C(=O)c2ccn[nH]2)c1. The van der Waals surface area contributed by atoms with Crippen LogP contribution < -0.4 is 9.64 Å². The number of ether oxygens (including phenoxy) is 1. The van der Waals surface area contributed by atoms with Gasteiger partial charge in [-0.25, -0.2) is 0 Å². The Morgan fingerprint density at radius 3 is 3.00 bits per heavy atom. The molecular weight excluding hydrogens is 282 g/mol. The number of hydrogen-bond donors (Lipinski definition) is 1. The third kappa shape index (κ3) is 2.59. The number of benzene rings is 1. The minimum atomic E-state index is -0.506. The van der Waals surface area contributed by atoms with E-state index in [1.165, 1.54) is 6.20 Å². The van der Waals surface area contributed by atoms with Crippen molar-refractivity contribution in [1.29, 1.82) is 0 Å². The summed E-state index contributed by atoms with van der Waals surface area (Å²) in [5.74, 6) is 0.495. The van der Waals surface area contributed by atoms with Crippen molar-refractivity contribution in [3.63, 3.8) is 0 Å². The molecule has 0 spiro atoms. The van der Waals surface area contributed by atoms with Crippen molar-refractivity contribution >= 4 is 17.4 Å². The lowest BCUT2D eigenvalue weighted by Crippen LogP contribution is -2.48. The summed E-state index contributed by atoms with van der Waals surface area (Å²) in [7, 11) is 1.57. The van der Waals surface area contributed by atoms with Gasteiger partial charge in [0.15, 0.2) is 0 Å². The summed E-state index contributed by atoms with van der Waals surface area (Å²) >= 11 is 0. The fourth-order valence-electron chi connectivity index (χ4n) is 2.78. The van der Waals surface area contributed by atoms with Gasteiger partial charge in [-0.05, 0) is 31.0 Å². The van der Waals surface area contributed by atoms with Crippen LogP contribution in [0.2, 0.25) is 0 Å². The van der Waals surface area contributed by atoms with E-state index < -0.39 is 6.04 Å². The van der Waals surface area contributed by atoms with Gasteiger partial charge in [-0.15, -0.1) is 0 Å². The second-order valence-corrected chi connectivity index (χ2v) is 5.21. The van der Waals surface area contributed by atoms with Crippen molar-refractivity contribution in [2.24, 2.45) is 0 Å². The van der Waals surface area contributed by atoms with Gasteiger partial charge < -0.3 is 9.64 Å². The van der Waals surface area contributed by atoms with Crippen LogP contribution in [0.5, 0.6) is 5.75 Å². The number of anilines is 1. The number of methoxy groups -OCH3 is 1. The minimum absolute atomic E-state index is 0.0441. The summed E-state index contributed by atoms with van der Waals surface area (Å²) in [6.07, 6.45) is 3.34. The van der Waals surface area contributed by atoms with Crippen molar-refractivity contribution in [2.75, 3.05) is 12.0 Å². The van der Waals surface area contributed by atoms with Gasteiger partial charge in [-0.2, -0.15) is 5.10 Å². The number of ketones is 1. The smallest absolute Gasteiger partial charge is 0.227 e. The fourth-order valence-corrected chi connectivity index (χ4v) is 2.78. The second kappa shape index (κ2) is 6.01. The maximum Gasteiger partial charge on any atom is 0.227 e. The number of H-pyrrole nitrogens is 1. The second-order valence-electron chi connectivity index (χ2n) is 5.21. The first-order valence-corrected chi connectivity index (χ1v) is 7.20. The van der Waals surface area contributed by atoms with Gasteiger partial charge in [-0.3, -0.25) is 14.7 Å². The summed E-state index contributed by atoms with van der Waals surface area (Å²) < 4.78 is 5.21. The number of nitrogens with zero attached hydrogens (tertiary/aromatic N) is 2. The standard InChI is InChI=1S/C16H17N3O3/c1-22-12-5-2-4-11(10-12)19-14(6-3-7-15(19)20)16(21)13-8-9-17-18-13/h2,4-5,8-10,14H,3,6-7H2,1H3,(H,17,18). The Bertz CT molecular complexity index is 682. The molecule has 2 aromatic rings. The number of carbonyl (C=O) groups excluding carboxylic acids is 2. The van der Waals surface area contributed by atoms with Crippen LogP contribution in [0, 0.1) is 0 Å². The molecule has 114 valence electrons. The summed E-state index contributed by atoms with van der Waals surface area (Å²) in [6.45, 7) is 0. The molecule has 1 fully saturated rings. The van der Waals surface area contributed by atoms with E-state index in [9.17, 15) is 9.59 Å². The summed E-state index contributed by atoms with van der Waals surface area (Å²) in [6, 6.07) is 8.34. The molecule has 1 saturated heterocycles. The molecule has 1 aromatic carbocycles. The van der Waals surface area contributed by atoms with Crippen molar-refractivity contribution in [2.45, 2.75) is 25.3 Å². The van der Waals surface area contributed by atoms with Crippen LogP contribution in [-0.4, -0.2) is 35.0 Å². The Kier molecular flexibility index (Phi) is 3.91. The number of carbonyl (C=O) groups is 2. The number of aromatic nitrogens is 2. The molecular formula is C16H17N3O3. The highest BCUT2D eigenvalue weighted by Gasteiger charge is 2.35. The van der Waals surface area contributed by atoms with Gasteiger partial charge in [0.25, 0.3) is 0 Å². The third-order valence-electron chi connectivity index (χ3n) is 3.85. The lowest BCUT2D eigenvalue weighted by Gasteiger charge is -2.34. The van der Waals surface area contributed by atoms with Crippen LogP contribution in [0.1, 0.15) is 29.8 Å². The molecule has 1 unspecified atom stereocenters. The van der Waals surface area contributed by atoms with Crippen LogP contribution in [0.15, 0.2) is 36.5 Å². The first-order valence-electron chi connectivity index (χ1n) is 7.20. The fraction of sp³-hybridized carbons (Fsp3) is 0.312. The van der Waals surface area contributed by atoms with E-state index in [1.54, 1.807) is 24.1 Å². The van der Waals surface area contributed by atoms with Gasteiger partial charge in [-0.1, -0.05) is 6.07 Å². The van der Waals surface area contributed by atoms with Gasteiger partial charge in [0.2, 0.25) is 11.7 Å². The van der Waals surface area contributed by atoms with E-state index >= 15 is 0 Å². The highest BCUT2D eigenvalue weighted by atomic mass is 16.5. The van der Waals surface area contributed by atoms with Crippen molar-refractivity contribution in [3.05, 3.63) is 42.2 Å². The van der Waals surface area contributed by atoms with Gasteiger partial charge in [0.1, 0.15) is 17.5 Å². The van der Waals surface area contributed by atoms with E-state index in [2.05, 4.69) is 10.2 Å². The third-order valence-corrected chi connectivity index (χ3v) is 3.85. The normalized spacial score (nSPS) is 18.3. The number of hydrogen-bond acceptors (Lipinski definition) is 4. The zero-order chi connectivity index (χ0) is 15.5. The Labute approximate surface area is 128 Å². The molecule has 22 heavy (non-hydrogen) atoms. The lowest BCUT2D eigenvalue weighted by molar-refractivity contribution is -0.120. The van der Waals surface area contributed by atoms with E-state index in [0.717, 1.165) is 0 Å². The van der Waals surface area contributed by atoms with Crippen LogP contribution in [0.25, 0.3) is 0 Å². The molecule has 2 heterocycles. The van der Waals surface area contributed by atoms with E-state index in [-0.39, 0.29) is 11.7 Å². The minimum Gasteiger partial charge on any atom is -0.497 e. The van der Waals surface area contributed by atoms with Crippen molar-refractivity contribution < 1.29 is 14.3 Å². The molecule has 1 aliphatic rings. The maximum absolute atomic E-state index is 12.6. The number of Topliss-reactive ketones (excluding diaryl/α,β-unsaturated/α-hetero) is 1. The predicted molar refractivity (Wildman–Crippen MR) is 81.0 cm³/mol. The number of amides is 1. The topological polar surface area (TPSA) is 75.3 Å². The Hall–Kier alpha value is -2.63. The molecule has 1 aliphatic heterocycles. The molecule has 0 aliphatic carbocycles. The lowest BCUT2D eigenvalue weighted by atomic mass is 9.95. The number of rotatable bonds is 4. The van der Waals surface area contributed by atoms with Crippen LogP contribution in [-0.2, 0) is 4.79 Å². The summed E-state index contributed by atoms with van der Waals surface area (Å²) in [4.78, 5) is 26.6. The molecule has 6 heteroatoms. The Morgan fingerprint density at radius 1 is 1.41 bits per heavy atom. The Balaban J connectivity index is 1.96. The first kappa shape index (κ1) is 14.3. The molecule has 0 bridgehead atoms. The summed E-state index contributed by atoms with van der Waals surface area (Å²) in [5, 5.41) is 6.49. The predicted octanol–water partition coefficient (Wildman–Crippen LogP) is 2.19. The molecule has 6 nitrogen and oxygen atoms in total.